The minimum absolute atomic E-state index is 0.114. The first-order chi connectivity index (χ1) is 17.0. The number of carbonyl (C=O) groups excluding carboxylic acids is 5. The molecule has 36 heavy (non-hydrogen) atoms. The average Bonchev–Trinajstić information content (AvgIpc) is 2.83. The zero-order valence-electron chi connectivity index (χ0n) is 19.6. The number of aryl methyl sites for hydroxylation is 1. The van der Waals surface area contributed by atoms with Gasteiger partial charge in [0.2, 0.25) is 5.78 Å². The molecule has 0 aliphatic heterocycles. The van der Waals surface area contributed by atoms with Gasteiger partial charge in [-0.05, 0) is 37.5 Å². The number of carbonyl (C=O) groups is 5. The molecule has 0 radical (unpaired) electrons. The Balaban J connectivity index is 1.82. The summed E-state index contributed by atoms with van der Waals surface area (Å²) < 4.78 is 4.80. The molecule has 2 aromatic rings. The van der Waals surface area contributed by atoms with Crippen LogP contribution in [0.4, 0.5) is 0 Å². The molecular formula is C27H21NO8. The van der Waals surface area contributed by atoms with E-state index in [9.17, 15) is 34.2 Å². The quantitative estimate of drug-likeness (QED) is 0.406. The van der Waals surface area contributed by atoms with Crippen molar-refractivity contribution >= 4 is 29.1 Å². The maximum atomic E-state index is 14.0. The maximum absolute atomic E-state index is 14.0. The molecule has 0 spiro atoms. The lowest BCUT2D eigenvalue weighted by atomic mass is 9.61. The van der Waals surface area contributed by atoms with Crippen LogP contribution in [0.2, 0.25) is 0 Å². The van der Waals surface area contributed by atoms with Crippen LogP contribution in [-0.4, -0.2) is 46.4 Å². The monoisotopic (exact) mass is 487 g/mol. The number of Topliss-reactive ketones (excluding diaryl/α,β-unsaturated/α-hetero) is 3. The van der Waals surface area contributed by atoms with E-state index in [1.807, 2.05) is 0 Å². The molecule has 9 heteroatoms. The fourth-order valence-corrected chi connectivity index (χ4v) is 5.63. The number of hydrogen-bond acceptors (Lipinski definition) is 9. The van der Waals surface area contributed by atoms with Gasteiger partial charge >= 0.3 is 5.97 Å². The molecule has 182 valence electrons. The summed E-state index contributed by atoms with van der Waals surface area (Å²) in [6.07, 6.45) is 2.79. The molecule has 0 aromatic heterocycles. The molecule has 3 aliphatic carbocycles. The topological polar surface area (TPSA) is 161 Å². The first kappa shape index (κ1) is 23.2. The highest BCUT2D eigenvalue weighted by Gasteiger charge is 2.51. The smallest absolute Gasteiger partial charge is 0.341 e. The summed E-state index contributed by atoms with van der Waals surface area (Å²) in [7, 11) is 1.16. The van der Waals surface area contributed by atoms with Crippen molar-refractivity contribution in [3.05, 3.63) is 80.1 Å². The number of allylic oxidation sites excluding steroid dienone is 4. The Morgan fingerprint density at radius 1 is 1.03 bits per heavy atom. The largest absolute Gasteiger partial charge is 0.507 e. The van der Waals surface area contributed by atoms with Crippen molar-refractivity contribution in [2.45, 2.75) is 26.2 Å². The van der Waals surface area contributed by atoms with Crippen molar-refractivity contribution in [2.24, 2.45) is 11.7 Å². The van der Waals surface area contributed by atoms with E-state index in [2.05, 4.69) is 0 Å². The van der Waals surface area contributed by atoms with Gasteiger partial charge in [0.25, 0.3) is 0 Å². The standard InChI is InChI=1S/C27H21NO8/c1-4-10-6-11-5-9(2)16(27(35)36-3)24(32)18(11)21-17(10)25(33)20-13(23(21)31)7-12-19(26(20)34)15(29)8-14(28)22(12)30/h4-5,7-8,17,21,32,34H,6,28H2,1-3H3/b10-4-. The zero-order chi connectivity index (χ0) is 26.2. The second-order valence-corrected chi connectivity index (χ2v) is 9.07. The highest BCUT2D eigenvalue weighted by molar-refractivity contribution is 6.29. The van der Waals surface area contributed by atoms with Gasteiger partial charge in [-0.1, -0.05) is 17.7 Å². The van der Waals surface area contributed by atoms with Gasteiger partial charge in [-0.25, -0.2) is 4.79 Å². The molecule has 0 amide bonds. The molecule has 5 rings (SSSR count). The predicted molar refractivity (Wildman–Crippen MR) is 126 cm³/mol. The lowest BCUT2D eigenvalue weighted by Gasteiger charge is -2.39. The third kappa shape index (κ3) is 2.85. The number of phenols is 2. The maximum Gasteiger partial charge on any atom is 0.341 e. The molecule has 2 aromatic carbocycles. The van der Waals surface area contributed by atoms with E-state index >= 15 is 0 Å². The highest BCUT2D eigenvalue weighted by atomic mass is 16.5. The van der Waals surface area contributed by atoms with Gasteiger partial charge < -0.3 is 20.7 Å². The molecule has 3 aliphatic rings. The van der Waals surface area contributed by atoms with Crippen LogP contribution in [0.15, 0.2) is 35.6 Å². The Kier molecular flexibility index (Phi) is 4.99. The van der Waals surface area contributed by atoms with E-state index in [0.29, 0.717) is 16.7 Å². The number of phenolic OH excluding ortho intramolecular Hbond substituents is 2. The zero-order valence-corrected chi connectivity index (χ0v) is 19.6. The van der Waals surface area contributed by atoms with Crippen LogP contribution < -0.4 is 5.73 Å². The number of ether oxygens (including phenoxy) is 1. The SMILES string of the molecule is C/C=C1/Cc2cc(C)c(C(=O)OC)c(O)c2C2C(=O)c3cc4c(c(O)c3C(=O)C12)C(=O)C=C(N)C4=O. The number of esters is 1. The number of ketones is 4. The van der Waals surface area contributed by atoms with E-state index in [-0.39, 0.29) is 45.5 Å². The summed E-state index contributed by atoms with van der Waals surface area (Å²) >= 11 is 0. The van der Waals surface area contributed by atoms with Crippen molar-refractivity contribution < 1.29 is 38.9 Å². The summed E-state index contributed by atoms with van der Waals surface area (Å²) in [5.41, 5.74) is 5.64. The van der Waals surface area contributed by atoms with Gasteiger partial charge in [0, 0.05) is 22.8 Å². The molecule has 0 saturated heterocycles. The summed E-state index contributed by atoms with van der Waals surface area (Å²) in [6, 6.07) is 2.78. The van der Waals surface area contributed by atoms with Crippen molar-refractivity contribution in [3.8, 4) is 11.5 Å². The molecule has 0 fully saturated rings. The number of rotatable bonds is 1. The third-order valence-corrected chi connectivity index (χ3v) is 7.24. The number of methoxy groups -OCH3 is 1. The second kappa shape index (κ2) is 7.74. The van der Waals surface area contributed by atoms with Crippen LogP contribution in [0.5, 0.6) is 11.5 Å². The lowest BCUT2D eigenvalue weighted by molar-refractivity contribution is 0.0595. The normalized spacial score (nSPS) is 21.4. The van der Waals surface area contributed by atoms with Gasteiger partial charge in [0.15, 0.2) is 17.3 Å². The Morgan fingerprint density at radius 3 is 2.36 bits per heavy atom. The number of hydrogen-bond donors (Lipinski definition) is 3. The van der Waals surface area contributed by atoms with E-state index in [1.54, 1.807) is 26.0 Å². The minimum atomic E-state index is -1.22. The Bertz CT molecular complexity index is 1540. The molecule has 0 bridgehead atoms. The van der Waals surface area contributed by atoms with Crippen molar-refractivity contribution in [1.29, 1.82) is 0 Å². The minimum Gasteiger partial charge on any atom is -0.507 e. The van der Waals surface area contributed by atoms with E-state index in [0.717, 1.165) is 19.3 Å². The van der Waals surface area contributed by atoms with E-state index in [4.69, 9.17) is 10.5 Å². The van der Waals surface area contributed by atoms with Gasteiger partial charge in [-0.2, -0.15) is 0 Å². The first-order valence-electron chi connectivity index (χ1n) is 11.2. The van der Waals surface area contributed by atoms with Crippen LogP contribution in [-0.2, 0) is 11.2 Å². The van der Waals surface area contributed by atoms with Crippen molar-refractivity contribution in [1.82, 2.24) is 0 Å². The van der Waals surface area contributed by atoms with Crippen molar-refractivity contribution in [2.75, 3.05) is 7.11 Å². The molecule has 0 heterocycles. The Labute approximate surface area is 204 Å². The fraction of sp³-hybridized carbons (Fsp3) is 0.222. The van der Waals surface area contributed by atoms with Gasteiger partial charge in [-0.15, -0.1) is 0 Å². The van der Waals surface area contributed by atoms with Crippen LogP contribution in [0, 0.1) is 12.8 Å². The predicted octanol–water partition coefficient (Wildman–Crippen LogP) is 2.70. The lowest BCUT2D eigenvalue weighted by Crippen LogP contribution is -2.40. The second-order valence-electron chi connectivity index (χ2n) is 9.07. The molecule has 0 saturated carbocycles. The van der Waals surface area contributed by atoms with Gasteiger partial charge in [-0.3, -0.25) is 19.2 Å². The number of fused-ring (bicyclic) bond motifs is 5. The molecule has 9 nitrogen and oxygen atoms in total. The van der Waals surface area contributed by atoms with Gasteiger partial charge in [0.1, 0.15) is 17.1 Å². The molecule has 4 N–H and O–H groups in total. The fourth-order valence-electron chi connectivity index (χ4n) is 5.63. The van der Waals surface area contributed by atoms with Gasteiger partial charge in [0.05, 0.1) is 35.8 Å². The number of aromatic hydroxyl groups is 2. The molecular weight excluding hydrogens is 466 g/mol. The summed E-state index contributed by atoms with van der Waals surface area (Å²) in [4.78, 5) is 65.4. The molecule has 2 unspecified atom stereocenters. The van der Waals surface area contributed by atoms with Crippen LogP contribution in [0.3, 0.4) is 0 Å². The van der Waals surface area contributed by atoms with E-state index in [1.165, 1.54) is 0 Å². The Morgan fingerprint density at radius 2 is 1.72 bits per heavy atom. The number of benzene rings is 2. The van der Waals surface area contributed by atoms with Crippen LogP contribution in [0.25, 0.3) is 0 Å². The average molecular weight is 487 g/mol. The summed E-state index contributed by atoms with van der Waals surface area (Å²) in [5.74, 6) is -7.07. The van der Waals surface area contributed by atoms with Crippen LogP contribution in [0.1, 0.15) is 81.3 Å². The Hall–Kier alpha value is -4.53. The number of nitrogens with two attached hydrogens (primary N) is 1. The first-order valence-corrected chi connectivity index (χ1v) is 11.2. The van der Waals surface area contributed by atoms with Crippen LogP contribution >= 0.6 is 0 Å². The highest BCUT2D eigenvalue weighted by Crippen LogP contribution is 2.52. The van der Waals surface area contributed by atoms with Crippen molar-refractivity contribution in [3.63, 3.8) is 0 Å². The summed E-state index contributed by atoms with van der Waals surface area (Å²) in [6.45, 7) is 3.34. The van der Waals surface area contributed by atoms with E-state index < -0.39 is 52.4 Å². The summed E-state index contributed by atoms with van der Waals surface area (Å²) in [5, 5.41) is 22.2. The molecule has 2 atom stereocenters. The third-order valence-electron chi connectivity index (χ3n) is 7.24.